The summed E-state index contributed by atoms with van der Waals surface area (Å²) >= 11 is 0. The Morgan fingerprint density at radius 1 is 1.32 bits per heavy atom. The van der Waals surface area contributed by atoms with Crippen LogP contribution in [0.1, 0.15) is 45.4 Å². The fraction of sp³-hybridized carbons (Fsp3) is 0.933. The van der Waals surface area contributed by atoms with Crippen LogP contribution in [0.25, 0.3) is 0 Å². The molecule has 0 bridgehead atoms. The highest BCUT2D eigenvalue weighted by atomic mass is 16.4. The van der Waals surface area contributed by atoms with Gasteiger partial charge in [0.05, 0.1) is 6.54 Å². The highest BCUT2D eigenvalue weighted by Gasteiger charge is 2.29. The number of nitrogens with one attached hydrogen (secondary N) is 1. The van der Waals surface area contributed by atoms with Crippen LogP contribution in [0.4, 0.5) is 0 Å². The number of carbonyl (C=O) groups is 1. The zero-order valence-corrected chi connectivity index (χ0v) is 12.1. The second-order valence-corrected chi connectivity index (χ2v) is 6.38. The summed E-state index contributed by atoms with van der Waals surface area (Å²) in [4.78, 5) is 13.0. The standard InChI is InChI=1S/C15H28N2O2/c1-2-3-4-13-7-14(16-8-12-5-6-12)10-17(9-13)11-15(18)19/h12-14,16H,2-11H2,1H3,(H,18,19). The third-order valence-corrected chi connectivity index (χ3v) is 4.33. The Hall–Kier alpha value is -0.610. The number of aliphatic carboxylic acids is 1. The van der Waals surface area contributed by atoms with Crippen molar-refractivity contribution >= 4 is 5.97 Å². The first-order chi connectivity index (χ1) is 9.17. The fourth-order valence-corrected chi connectivity index (χ4v) is 3.13. The Morgan fingerprint density at radius 2 is 2.11 bits per heavy atom. The minimum atomic E-state index is -0.697. The van der Waals surface area contributed by atoms with Crippen molar-refractivity contribution in [2.45, 2.75) is 51.5 Å². The van der Waals surface area contributed by atoms with Crippen molar-refractivity contribution in [3.8, 4) is 0 Å². The molecule has 1 aliphatic carbocycles. The van der Waals surface area contributed by atoms with Gasteiger partial charge in [0.2, 0.25) is 0 Å². The molecule has 2 rings (SSSR count). The lowest BCUT2D eigenvalue weighted by molar-refractivity contribution is -0.138. The van der Waals surface area contributed by atoms with Crippen LogP contribution >= 0.6 is 0 Å². The lowest BCUT2D eigenvalue weighted by Crippen LogP contribution is -2.50. The van der Waals surface area contributed by atoms with Crippen molar-refractivity contribution < 1.29 is 9.90 Å². The first kappa shape index (κ1) is 14.8. The molecule has 2 aliphatic rings. The first-order valence-corrected chi connectivity index (χ1v) is 7.85. The summed E-state index contributed by atoms with van der Waals surface area (Å²) in [5, 5.41) is 12.6. The minimum absolute atomic E-state index is 0.199. The lowest BCUT2D eigenvalue weighted by atomic mass is 9.90. The van der Waals surface area contributed by atoms with Crippen molar-refractivity contribution in [1.82, 2.24) is 10.2 Å². The summed E-state index contributed by atoms with van der Waals surface area (Å²) in [6.45, 7) is 5.42. The Balaban J connectivity index is 1.80. The summed E-state index contributed by atoms with van der Waals surface area (Å²) in [5.41, 5.74) is 0. The van der Waals surface area contributed by atoms with Gasteiger partial charge in [-0.05, 0) is 44.1 Å². The van der Waals surface area contributed by atoms with Gasteiger partial charge in [-0.2, -0.15) is 0 Å². The van der Waals surface area contributed by atoms with E-state index in [1.54, 1.807) is 0 Å². The summed E-state index contributed by atoms with van der Waals surface area (Å²) in [6.07, 6.45) is 7.71. The van der Waals surface area contributed by atoms with Crippen LogP contribution in [0, 0.1) is 11.8 Å². The molecule has 2 atom stereocenters. The number of unbranched alkanes of at least 4 members (excludes halogenated alkanes) is 1. The second kappa shape index (κ2) is 7.25. The monoisotopic (exact) mass is 268 g/mol. The molecular weight excluding hydrogens is 240 g/mol. The topological polar surface area (TPSA) is 52.6 Å². The predicted molar refractivity (Wildman–Crippen MR) is 76.2 cm³/mol. The molecule has 0 aromatic carbocycles. The van der Waals surface area contributed by atoms with Gasteiger partial charge in [0, 0.05) is 19.1 Å². The van der Waals surface area contributed by atoms with Gasteiger partial charge in [0.25, 0.3) is 0 Å². The molecule has 2 fully saturated rings. The molecule has 2 N–H and O–H groups in total. The van der Waals surface area contributed by atoms with Crippen LogP contribution in [-0.2, 0) is 4.79 Å². The van der Waals surface area contributed by atoms with Gasteiger partial charge in [0.15, 0.2) is 0 Å². The SMILES string of the molecule is CCCCC1CC(NCC2CC2)CN(CC(=O)O)C1. The number of nitrogens with zero attached hydrogens (tertiary/aromatic N) is 1. The van der Waals surface area contributed by atoms with Gasteiger partial charge in [-0.1, -0.05) is 19.8 Å². The molecule has 0 aromatic rings. The van der Waals surface area contributed by atoms with E-state index in [1.807, 2.05) is 0 Å². The summed E-state index contributed by atoms with van der Waals surface area (Å²) < 4.78 is 0. The molecule has 110 valence electrons. The van der Waals surface area contributed by atoms with E-state index in [0.717, 1.165) is 25.6 Å². The van der Waals surface area contributed by atoms with E-state index in [1.165, 1.54) is 38.5 Å². The molecule has 0 amide bonds. The number of rotatable bonds is 8. The normalized spacial score (nSPS) is 28.5. The maximum Gasteiger partial charge on any atom is 0.317 e. The van der Waals surface area contributed by atoms with Gasteiger partial charge >= 0.3 is 5.97 Å². The Labute approximate surface area is 116 Å². The molecule has 1 heterocycles. The van der Waals surface area contributed by atoms with E-state index < -0.39 is 5.97 Å². The average Bonchev–Trinajstić information content (AvgIpc) is 3.17. The molecule has 1 saturated carbocycles. The van der Waals surface area contributed by atoms with E-state index in [4.69, 9.17) is 5.11 Å². The van der Waals surface area contributed by atoms with Gasteiger partial charge in [-0.3, -0.25) is 9.69 Å². The Kier molecular flexibility index (Phi) is 5.64. The van der Waals surface area contributed by atoms with Crippen molar-refractivity contribution in [2.75, 3.05) is 26.2 Å². The molecule has 0 radical (unpaired) electrons. The summed E-state index contributed by atoms with van der Waals surface area (Å²) in [7, 11) is 0. The smallest absolute Gasteiger partial charge is 0.317 e. The fourth-order valence-electron chi connectivity index (χ4n) is 3.13. The number of hydrogen-bond acceptors (Lipinski definition) is 3. The largest absolute Gasteiger partial charge is 0.480 e. The zero-order chi connectivity index (χ0) is 13.7. The molecule has 0 aromatic heterocycles. The van der Waals surface area contributed by atoms with Gasteiger partial charge in [-0.15, -0.1) is 0 Å². The molecule has 1 saturated heterocycles. The summed E-state index contributed by atoms with van der Waals surface area (Å²) in [6, 6.07) is 0.496. The van der Waals surface area contributed by atoms with Crippen LogP contribution in [-0.4, -0.2) is 48.2 Å². The van der Waals surface area contributed by atoms with E-state index in [-0.39, 0.29) is 6.54 Å². The van der Waals surface area contributed by atoms with Crippen LogP contribution in [0.2, 0.25) is 0 Å². The number of carboxylic acid groups (broad SMARTS) is 1. The maximum absolute atomic E-state index is 10.9. The van der Waals surface area contributed by atoms with Crippen LogP contribution in [0.5, 0.6) is 0 Å². The molecule has 1 aliphatic heterocycles. The molecule has 0 spiro atoms. The maximum atomic E-state index is 10.9. The minimum Gasteiger partial charge on any atom is -0.480 e. The van der Waals surface area contributed by atoms with Crippen LogP contribution < -0.4 is 5.32 Å². The van der Waals surface area contributed by atoms with E-state index in [9.17, 15) is 4.79 Å². The Morgan fingerprint density at radius 3 is 2.74 bits per heavy atom. The molecule has 4 heteroatoms. The number of hydrogen-bond donors (Lipinski definition) is 2. The number of carboxylic acids is 1. The lowest BCUT2D eigenvalue weighted by Gasteiger charge is -2.37. The molecule has 19 heavy (non-hydrogen) atoms. The Bertz CT molecular complexity index is 292. The van der Waals surface area contributed by atoms with Gasteiger partial charge < -0.3 is 10.4 Å². The van der Waals surface area contributed by atoms with E-state index in [0.29, 0.717) is 12.0 Å². The molecular formula is C15H28N2O2. The van der Waals surface area contributed by atoms with Crippen molar-refractivity contribution in [3.63, 3.8) is 0 Å². The highest BCUT2D eigenvalue weighted by Crippen LogP contribution is 2.28. The number of likely N-dealkylation sites (tertiary alicyclic amines) is 1. The first-order valence-electron chi connectivity index (χ1n) is 7.85. The van der Waals surface area contributed by atoms with Gasteiger partial charge in [0.1, 0.15) is 0 Å². The van der Waals surface area contributed by atoms with Crippen molar-refractivity contribution in [1.29, 1.82) is 0 Å². The quantitative estimate of drug-likeness (QED) is 0.706. The third kappa shape index (κ3) is 5.49. The average molecular weight is 268 g/mol. The van der Waals surface area contributed by atoms with Crippen molar-refractivity contribution in [3.05, 3.63) is 0 Å². The van der Waals surface area contributed by atoms with Gasteiger partial charge in [-0.25, -0.2) is 0 Å². The van der Waals surface area contributed by atoms with Crippen molar-refractivity contribution in [2.24, 2.45) is 11.8 Å². The number of piperidine rings is 1. The molecule has 2 unspecified atom stereocenters. The predicted octanol–water partition coefficient (Wildman–Crippen LogP) is 1.95. The van der Waals surface area contributed by atoms with E-state index in [2.05, 4.69) is 17.1 Å². The second-order valence-electron chi connectivity index (χ2n) is 6.38. The zero-order valence-electron chi connectivity index (χ0n) is 12.1. The summed E-state index contributed by atoms with van der Waals surface area (Å²) in [5.74, 6) is 0.866. The van der Waals surface area contributed by atoms with Crippen LogP contribution in [0.15, 0.2) is 0 Å². The molecule has 4 nitrogen and oxygen atoms in total. The third-order valence-electron chi connectivity index (χ3n) is 4.33. The van der Waals surface area contributed by atoms with Crippen LogP contribution in [0.3, 0.4) is 0 Å². The highest BCUT2D eigenvalue weighted by molar-refractivity contribution is 5.69. The van der Waals surface area contributed by atoms with E-state index >= 15 is 0 Å².